The number of alkyl halides is 1. The van der Waals surface area contributed by atoms with Gasteiger partial charge in [0.2, 0.25) is 0 Å². The maximum atomic E-state index is 13.4. The molecule has 0 heterocycles. The van der Waals surface area contributed by atoms with Crippen LogP contribution in [0.3, 0.4) is 0 Å². The van der Waals surface area contributed by atoms with Gasteiger partial charge in [-0.25, -0.2) is 9.18 Å². The molecule has 0 fully saturated rings. The fourth-order valence-electron chi connectivity index (χ4n) is 1.16. The van der Waals surface area contributed by atoms with Crippen LogP contribution < -0.4 is 0 Å². The molecule has 0 radical (unpaired) electrons. The van der Waals surface area contributed by atoms with E-state index < -0.39 is 17.5 Å². The molecule has 0 saturated heterocycles. The van der Waals surface area contributed by atoms with Gasteiger partial charge >= 0.3 is 5.97 Å². The number of methoxy groups -OCH3 is 1. The van der Waals surface area contributed by atoms with Gasteiger partial charge < -0.3 is 4.74 Å². The topological polar surface area (TPSA) is 50.2 Å². The molecule has 3 nitrogen and oxygen atoms in total. The van der Waals surface area contributed by atoms with Crippen LogP contribution in [0.25, 0.3) is 0 Å². The summed E-state index contributed by atoms with van der Waals surface area (Å²) in [7, 11) is 1.16. The van der Waals surface area contributed by atoms with Crippen molar-refractivity contribution in [3.05, 3.63) is 35.1 Å². The third kappa shape index (κ3) is 2.41. The Bertz CT molecular complexity index is 406. The minimum absolute atomic E-state index is 0.0128. The molecule has 0 atom stereocenters. The second kappa shape index (κ2) is 5.02. The van der Waals surface area contributed by atoms with E-state index in [0.29, 0.717) is 10.9 Å². The van der Waals surface area contributed by atoms with Crippen LogP contribution in [-0.2, 0) is 14.9 Å². The Hall–Kier alpha value is -1.23. The van der Waals surface area contributed by atoms with Gasteiger partial charge in [0.1, 0.15) is 5.82 Å². The lowest BCUT2D eigenvalue weighted by Crippen LogP contribution is -2.18. The molecule has 0 aliphatic carbocycles. The van der Waals surface area contributed by atoms with Crippen LogP contribution in [-0.4, -0.2) is 18.8 Å². The van der Waals surface area contributed by atoms with E-state index in [1.807, 2.05) is 0 Å². The summed E-state index contributed by atoms with van der Waals surface area (Å²) < 4.78 is 17.8. The maximum absolute atomic E-state index is 13.4. The van der Waals surface area contributed by atoms with E-state index >= 15 is 0 Å². The van der Waals surface area contributed by atoms with Crippen molar-refractivity contribution in [1.29, 1.82) is 5.41 Å². The SMILES string of the molecule is COC(=O)C(=N)c1c(F)cccc1CBr. The van der Waals surface area contributed by atoms with Crippen LogP contribution in [0, 0.1) is 11.2 Å². The summed E-state index contributed by atoms with van der Waals surface area (Å²) >= 11 is 3.17. The molecule has 0 spiro atoms. The third-order valence-corrected chi connectivity index (χ3v) is 2.49. The largest absolute Gasteiger partial charge is 0.464 e. The van der Waals surface area contributed by atoms with Crippen LogP contribution >= 0.6 is 15.9 Å². The number of ether oxygens (including phenoxy) is 1. The molecule has 0 aliphatic heterocycles. The molecule has 1 N–H and O–H groups in total. The van der Waals surface area contributed by atoms with Gasteiger partial charge in [-0.3, -0.25) is 5.41 Å². The van der Waals surface area contributed by atoms with Crippen LogP contribution in [0.2, 0.25) is 0 Å². The number of benzene rings is 1. The smallest absolute Gasteiger partial charge is 0.356 e. The minimum Gasteiger partial charge on any atom is -0.464 e. The summed E-state index contributed by atoms with van der Waals surface area (Å²) in [6.07, 6.45) is 0. The second-order valence-corrected chi connectivity index (χ2v) is 3.33. The van der Waals surface area contributed by atoms with Gasteiger partial charge in [-0.05, 0) is 11.6 Å². The molecule has 0 amide bonds. The van der Waals surface area contributed by atoms with E-state index in [9.17, 15) is 9.18 Å². The first-order chi connectivity index (χ1) is 7.11. The van der Waals surface area contributed by atoms with E-state index in [4.69, 9.17) is 5.41 Å². The normalized spacial score (nSPS) is 9.80. The van der Waals surface area contributed by atoms with Gasteiger partial charge in [-0.2, -0.15) is 0 Å². The predicted octanol–water partition coefficient (Wildman–Crippen LogP) is 2.26. The van der Waals surface area contributed by atoms with E-state index in [-0.39, 0.29) is 5.56 Å². The average molecular weight is 274 g/mol. The molecule has 1 aromatic carbocycles. The number of carbonyl (C=O) groups is 1. The van der Waals surface area contributed by atoms with E-state index in [1.165, 1.54) is 12.1 Å². The van der Waals surface area contributed by atoms with Gasteiger partial charge in [0.25, 0.3) is 0 Å². The van der Waals surface area contributed by atoms with Crippen molar-refractivity contribution in [2.45, 2.75) is 5.33 Å². The van der Waals surface area contributed by atoms with Crippen LogP contribution in [0.1, 0.15) is 11.1 Å². The van der Waals surface area contributed by atoms with Crippen molar-refractivity contribution in [3.63, 3.8) is 0 Å². The fourth-order valence-corrected chi connectivity index (χ4v) is 1.63. The number of halogens is 2. The molecule has 15 heavy (non-hydrogen) atoms. The van der Waals surface area contributed by atoms with E-state index in [0.717, 1.165) is 7.11 Å². The lowest BCUT2D eigenvalue weighted by Gasteiger charge is -2.07. The molecule has 0 aliphatic rings. The molecule has 0 aromatic heterocycles. The van der Waals surface area contributed by atoms with Crippen molar-refractivity contribution in [2.24, 2.45) is 0 Å². The summed E-state index contributed by atoms with van der Waals surface area (Å²) in [4.78, 5) is 11.1. The Morgan fingerprint density at radius 3 is 2.80 bits per heavy atom. The Balaban J connectivity index is 3.23. The Kier molecular flexibility index (Phi) is 3.96. The number of esters is 1. The molecule has 1 rings (SSSR count). The Labute approximate surface area is 94.9 Å². The van der Waals surface area contributed by atoms with Crippen LogP contribution in [0.4, 0.5) is 4.39 Å². The highest BCUT2D eigenvalue weighted by atomic mass is 79.9. The predicted molar refractivity (Wildman–Crippen MR) is 57.9 cm³/mol. The summed E-state index contributed by atoms with van der Waals surface area (Å²) in [5.74, 6) is -1.44. The van der Waals surface area contributed by atoms with Crippen molar-refractivity contribution >= 4 is 27.6 Å². The molecular formula is C10H9BrFNO2. The number of hydrogen-bond acceptors (Lipinski definition) is 3. The monoisotopic (exact) mass is 273 g/mol. The maximum Gasteiger partial charge on any atom is 0.356 e. The summed E-state index contributed by atoms with van der Waals surface area (Å²) in [6, 6.07) is 4.38. The molecule has 0 bridgehead atoms. The van der Waals surface area contributed by atoms with Gasteiger partial charge in [-0.1, -0.05) is 28.1 Å². The molecule has 1 aromatic rings. The zero-order valence-electron chi connectivity index (χ0n) is 8.01. The third-order valence-electron chi connectivity index (χ3n) is 1.88. The number of nitrogens with one attached hydrogen (secondary N) is 1. The number of carbonyl (C=O) groups excluding carboxylic acids is 1. The summed E-state index contributed by atoms with van der Waals surface area (Å²) in [6.45, 7) is 0. The van der Waals surface area contributed by atoms with Crippen molar-refractivity contribution in [3.8, 4) is 0 Å². The number of rotatable bonds is 3. The quantitative estimate of drug-likeness (QED) is 0.522. The summed E-state index contributed by atoms with van der Waals surface area (Å²) in [5.41, 5.74) is 0.0664. The molecule has 0 saturated carbocycles. The highest BCUT2D eigenvalue weighted by Crippen LogP contribution is 2.17. The molecule has 80 valence electrons. The Morgan fingerprint density at radius 2 is 2.27 bits per heavy atom. The zero-order chi connectivity index (χ0) is 11.4. The minimum atomic E-state index is -0.845. The van der Waals surface area contributed by atoms with Crippen molar-refractivity contribution in [2.75, 3.05) is 7.11 Å². The highest BCUT2D eigenvalue weighted by Gasteiger charge is 2.19. The van der Waals surface area contributed by atoms with Crippen molar-refractivity contribution < 1.29 is 13.9 Å². The van der Waals surface area contributed by atoms with Gasteiger partial charge in [0, 0.05) is 10.9 Å². The van der Waals surface area contributed by atoms with Crippen molar-refractivity contribution in [1.82, 2.24) is 0 Å². The zero-order valence-corrected chi connectivity index (χ0v) is 9.60. The first-order valence-electron chi connectivity index (χ1n) is 4.12. The van der Waals surface area contributed by atoms with Crippen LogP contribution in [0.5, 0.6) is 0 Å². The molecule has 5 heteroatoms. The first-order valence-corrected chi connectivity index (χ1v) is 5.24. The lowest BCUT2D eigenvalue weighted by atomic mass is 10.0. The summed E-state index contributed by atoms with van der Waals surface area (Å²) in [5, 5.41) is 7.86. The highest BCUT2D eigenvalue weighted by molar-refractivity contribution is 9.08. The lowest BCUT2D eigenvalue weighted by molar-refractivity contribution is -0.132. The molecule has 0 unspecified atom stereocenters. The number of hydrogen-bond donors (Lipinski definition) is 1. The molecular weight excluding hydrogens is 265 g/mol. The van der Waals surface area contributed by atoms with Gasteiger partial charge in [-0.15, -0.1) is 0 Å². The van der Waals surface area contributed by atoms with Crippen LogP contribution in [0.15, 0.2) is 18.2 Å². The van der Waals surface area contributed by atoms with Gasteiger partial charge in [0.05, 0.1) is 7.11 Å². The second-order valence-electron chi connectivity index (χ2n) is 2.77. The first kappa shape index (κ1) is 11.8. The fraction of sp³-hybridized carbons (Fsp3) is 0.200. The standard InChI is InChI=1S/C10H9BrFNO2/c1-15-10(14)9(13)8-6(5-11)3-2-4-7(8)12/h2-4,13H,5H2,1H3. The van der Waals surface area contributed by atoms with E-state index in [2.05, 4.69) is 20.7 Å². The average Bonchev–Trinajstić information content (AvgIpc) is 2.26. The van der Waals surface area contributed by atoms with E-state index in [1.54, 1.807) is 6.07 Å². The van der Waals surface area contributed by atoms with Gasteiger partial charge in [0.15, 0.2) is 5.71 Å². The Morgan fingerprint density at radius 1 is 1.60 bits per heavy atom.